The lowest BCUT2D eigenvalue weighted by atomic mass is 10.6. The smallest absolute Gasteiger partial charge is 0.278 e. The number of hydrogen-bond acceptors (Lipinski definition) is 4. The molecule has 0 fully saturated rings. The van der Waals surface area contributed by atoms with E-state index < -0.39 is 16.5 Å². The van der Waals surface area contributed by atoms with Crippen molar-refractivity contribution in [2.75, 3.05) is 0 Å². The van der Waals surface area contributed by atoms with Gasteiger partial charge >= 0.3 is 0 Å². The summed E-state index contributed by atoms with van der Waals surface area (Å²) in [4.78, 5) is 20.1. The number of nitrogens with two attached hydrogens (primary N) is 3. The monoisotopic (exact) mass is 149 g/mol. The highest BCUT2D eigenvalue weighted by Gasteiger charge is 2.11. The fraction of sp³-hybridized carbons (Fsp3) is 0.333. The van der Waals surface area contributed by atoms with Crippen molar-refractivity contribution in [2.45, 2.75) is 5.37 Å². The van der Waals surface area contributed by atoms with Gasteiger partial charge in [0.05, 0.1) is 0 Å². The molecule has 0 saturated carbocycles. The standard InChI is InChI=1S/C3H7N3O2S/c4-1(7)2(5)9-3(6)8/h2H,5H2,(H2,4,7)(H2,6,8)/t2-/m0/s1. The Morgan fingerprint density at radius 2 is 1.78 bits per heavy atom. The topological polar surface area (TPSA) is 112 Å². The van der Waals surface area contributed by atoms with E-state index in [0.29, 0.717) is 11.8 Å². The highest BCUT2D eigenvalue weighted by Crippen LogP contribution is 2.02. The lowest BCUT2D eigenvalue weighted by molar-refractivity contribution is -0.117. The Hall–Kier alpha value is -0.750. The fourth-order valence-corrected chi connectivity index (χ4v) is 0.550. The predicted octanol–water partition coefficient (Wildman–Crippen LogP) is -1.43. The van der Waals surface area contributed by atoms with Crippen LogP contribution in [0.2, 0.25) is 0 Å². The van der Waals surface area contributed by atoms with Crippen molar-refractivity contribution in [3.63, 3.8) is 0 Å². The first-order chi connectivity index (χ1) is 4.04. The zero-order valence-electron chi connectivity index (χ0n) is 4.53. The van der Waals surface area contributed by atoms with Crippen molar-refractivity contribution < 1.29 is 9.59 Å². The molecule has 0 spiro atoms. The molecule has 1 atom stereocenters. The minimum Gasteiger partial charge on any atom is -0.368 e. The Morgan fingerprint density at radius 1 is 1.33 bits per heavy atom. The van der Waals surface area contributed by atoms with Crippen LogP contribution < -0.4 is 17.2 Å². The van der Waals surface area contributed by atoms with Crippen LogP contribution in [0.5, 0.6) is 0 Å². The number of carbonyl (C=O) groups is 2. The van der Waals surface area contributed by atoms with E-state index in [1.165, 1.54) is 0 Å². The minimum absolute atomic E-state index is 0.505. The molecule has 6 heteroatoms. The minimum atomic E-state index is -1.03. The van der Waals surface area contributed by atoms with Crippen LogP contribution >= 0.6 is 11.8 Å². The normalized spacial score (nSPS) is 12.6. The third-order valence-corrected chi connectivity index (χ3v) is 1.24. The van der Waals surface area contributed by atoms with E-state index in [9.17, 15) is 9.59 Å². The molecule has 6 N–H and O–H groups in total. The summed E-state index contributed by atoms with van der Waals surface area (Å²) < 4.78 is 0. The number of primary amides is 2. The molecule has 0 saturated heterocycles. The number of hydrogen-bond donors (Lipinski definition) is 3. The van der Waals surface area contributed by atoms with Crippen LogP contribution in [0.25, 0.3) is 0 Å². The van der Waals surface area contributed by atoms with Crippen molar-refractivity contribution >= 4 is 22.9 Å². The second-order valence-electron chi connectivity index (χ2n) is 1.26. The lowest BCUT2D eigenvalue weighted by Crippen LogP contribution is -2.35. The Labute approximate surface area is 55.9 Å². The Kier molecular flexibility index (Phi) is 3.03. The molecule has 0 aliphatic carbocycles. The third-order valence-electron chi connectivity index (χ3n) is 0.524. The first-order valence-electron chi connectivity index (χ1n) is 2.05. The van der Waals surface area contributed by atoms with E-state index in [1.807, 2.05) is 0 Å². The van der Waals surface area contributed by atoms with Crippen LogP contribution in [-0.2, 0) is 4.79 Å². The molecule has 52 valence electrons. The summed E-state index contributed by atoms with van der Waals surface area (Å²) in [7, 11) is 0. The van der Waals surface area contributed by atoms with Gasteiger partial charge in [-0.25, -0.2) is 0 Å². The summed E-state index contributed by atoms with van der Waals surface area (Å²) in [6.07, 6.45) is 0. The molecule has 0 aromatic carbocycles. The van der Waals surface area contributed by atoms with Crippen LogP contribution in [0.3, 0.4) is 0 Å². The molecule has 0 rings (SSSR count). The number of rotatable bonds is 2. The van der Waals surface area contributed by atoms with Crippen LogP contribution in [0, 0.1) is 0 Å². The SMILES string of the molecule is NC(=O)S[C@H](N)C(N)=O. The molecule has 0 heterocycles. The van der Waals surface area contributed by atoms with E-state index in [-0.39, 0.29) is 0 Å². The summed E-state index contributed by atoms with van der Waals surface area (Å²) in [5.74, 6) is -0.751. The highest BCUT2D eigenvalue weighted by atomic mass is 32.2. The molecule has 0 radical (unpaired) electrons. The van der Waals surface area contributed by atoms with Crippen LogP contribution in [-0.4, -0.2) is 16.5 Å². The van der Waals surface area contributed by atoms with Gasteiger partial charge in [-0.2, -0.15) is 0 Å². The highest BCUT2D eigenvalue weighted by molar-refractivity contribution is 8.14. The van der Waals surface area contributed by atoms with Crippen LogP contribution in [0.4, 0.5) is 4.79 Å². The summed E-state index contributed by atoms with van der Waals surface area (Å²) in [6, 6.07) is 0. The van der Waals surface area contributed by atoms with Gasteiger partial charge in [-0.05, 0) is 11.8 Å². The van der Waals surface area contributed by atoms with Crippen LogP contribution in [0.15, 0.2) is 0 Å². The lowest BCUT2D eigenvalue weighted by Gasteiger charge is -2.00. The molecule has 0 bridgehead atoms. The zero-order valence-corrected chi connectivity index (χ0v) is 5.35. The van der Waals surface area contributed by atoms with Gasteiger partial charge in [0.2, 0.25) is 5.91 Å². The van der Waals surface area contributed by atoms with E-state index in [1.54, 1.807) is 0 Å². The van der Waals surface area contributed by atoms with Crippen molar-refractivity contribution in [1.29, 1.82) is 0 Å². The summed E-state index contributed by atoms with van der Waals surface area (Å²) in [6.45, 7) is 0. The molecular formula is C3H7N3O2S. The van der Waals surface area contributed by atoms with Crippen molar-refractivity contribution in [2.24, 2.45) is 17.2 Å². The molecule has 5 nitrogen and oxygen atoms in total. The van der Waals surface area contributed by atoms with Gasteiger partial charge in [0.25, 0.3) is 5.24 Å². The van der Waals surface area contributed by atoms with Gasteiger partial charge in [0.1, 0.15) is 5.37 Å². The van der Waals surface area contributed by atoms with Crippen molar-refractivity contribution in [3.8, 4) is 0 Å². The first-order valence-corrected chi connectivity index (χ1v) is 2.93. The molecule has 9 heavy (non-hydrogen) atoms. The summed E-state index contributed by atoms with van der Waals surface area (Å²) in [5, 5.41) is -1.73. The maximum Gasteiger partial charge on any atom is 0.278 e. The number of amides is 2. The van der Waals surface area contributed by atoms with E-state index in [2.05, 4.69) is 5.73 Å². The molecule has 0 aliphatic heterocycles. The largest absolute Gasteiger partial charge is 0.368 e. The molecule has 0 aliphatic rings. The van der Waals surface area contributed by atoms with E-state index in [0.717, 1.165) is 0 Å². The average Bonchev–Trinajstić information content (AvgIpc) is 1.63. The van der Waals surface area contributed by atoms with Crippen molar-refractivity contribution in [1.82, 2.24) is 0 Å². The summed E-state index contributed by atoms with van der Waals surface area (Å²) in [5.41, 5.74) is 14.4. The van der Waals surface area contributed by atoms with Crippen LogP contribution in [0.1, 0.15) is 0 Å². The Morgan fingerprint density at radius 3 is 1.89 bits per heavy atom. The maximum absolute atomic E-state index is 10.1. The Balaban J connectivity index is 3.63. The predicted molar refractivity (Wildman–Crippen MR) is 34.3 cm³/mol. The molecule has 0 aromatic rings. The van der Waals surface area contributed by atoms with Gasteiger partial charge in [-0.1, -0.05) is 0 Å². The summed E-state index contributed by atoms with van der Waals surface area (Å²) >= 11 is 0.505. The van der Waals surface area contributed by atoms with Gasteiger partial charge in [0, 0.05) is 0 Å². The van der Waals surface area contributed by atoms with Gasteiger partial charge < -0.3 is 17.2 Å². The van der Waals surface area contributed by atoms with E-state index >= 15 is 0 Å². The third kappa shape index (κ3) is 3.80. The van der Waals surface area contributed by atoms with E-state index in [4.69, 9.17) is 11.5 Å². The van der Waals surface area contributed by atoms with Crippen molar-refractivity contribution in [3.05, 3.63) is 0 Å². The maximum atomic E-state index is 10.1. The second kappa shape index (κ2) is 3.31. The quantitative estimate of drug-likeness (QED) is 0.418. The van der Waals surface area contributed by atoms with Gasteiger partial charge in [-0.3, -0.25) is 9.59 Å². The average molecular weight is 149 g/mol. The van der Waals surface area contributed by atoms with Gasteiger partial charge in [-0.15, -0.1) is 0 Å². The molecule has 2 amide bonds. The number of thioether (sulfide) groups is 1. The first kappa shape index (κ1) is 8.25. The number of carbonyl (C=O) groups excluding carboxylic acids is 2. The molecule has 0 aromatic heterocycles. The Bertz CT molecular complexity index is 137. The zero-order chi connectivity index (χ0) is 7.44. The fourth-order valence-electron chi connectivity index (χ4n) is 0.183. The second-order valence-corrected chi connectivity index (χ2v) is 2.41. The molecular weight excluding hydrogens is 142 g/mol. The molecule has 0 unspecified atom stereocenters. The van der Waals surface area contributed by atoms with Gasteiger partial charge in [0.15, 0.2) is 0 Å².